The van der Waals surface area contributed by atoms with E-state index >= 15 is 0 Å². The van der Waals surface area contributed by atoms with Crippen LogP contribution >= 0.6 is 0 Å². The molecule has 0 fully saturated rings. The van der Waals surface area contributed by atoms with E-state index in [9.17, 15) is 0 Å². The number of allylic oxidation sites excluding steroid dienone is 6. The Kier molecular flexibility index (Phi) is 4.87. The van der Waals surface area contributed by atoms with Crippen LogP contribution in [0, 0.1) is 0 Å². The zero-order valence-corrected chi connectivity index (χ0v) is 16.6. The van der Waals surface area contributed by atoms with Crippen LogP contribution in [0.4, 0.5) is 0 Å². The molecule has 0 saturated carbocycles. The van der Waals surface area contributed by atoms with Gasteiger partial charge in [0.1, 0.15) is 0 Å². The molecule has 2 aliphatic rings. The molecule has 16 heavy (non-hydrogen) atoms. The SMILES string of the molecule is CC1=C(C)[Se]C(=CC=C2[Se]C(C)=C(C)[Se]2)[Se]1. The average molecular weight is 474 g/mol. The molecule has 0 saturated heterocycles. The minimum absolute atomic E-state index is 0.678. The van der Waals surface area contributed by atoms with Crippen molar-refractivity contribution in [2.45, 2.75) is 27.7 Å². The van der Waals surface area contributed by atoms with Crippen LogP contribution in [0.1, 0.15) is 27.7 Å². The molecule has 0 radical (unpaired) electrons. The van der Waals surface area contributed by atoms with Crippen molar-refractivity contribution in [2.24, 2.45) is 0 Å². The van der Waals surface area contributed by atoms with Crippen LogP contribution in [0.25, 0.3) is 0 Å². The molecule has 0 unspecified atom stereocenters. The van der Waals surface area contributed by atoms with Crippen LogP contribution in [-0.2, 0) is 0 Å². The molecule has 0 N–H and O–H groups in total. The predicted molar refractivity (Wildman–Crippen MR) is 75.9 cm³/mol. The maximum absolute atomic E-state index is 2.45. The summed E-state index contributed by atoms with van der Waals surface area (Å²) in [6.07, 6.45) is 4.90. The van der Waals surface area contributed by atoms with Crippen LogP contribution < -0.4 is 0 Å². The van der Waals surface area contributed by atoms with E-state index < -0.39 is 0 Å². The van der Waals surface area contributed by atoms with E-state index in [1.165, 1.54) is 0 Å². The Bertz CT molecular complexity index is 364. The fourth-order valence-electron chi connectivity index (χ4n) is 1.20. The zero-order valence-electron chi connectivity index (χ0n) is 9.79. The van der Waals surface area contributed by atoms with Gasteiger partial charge in [0, 0.05) is 0 Å². The normalized spacial score (nSPS) is 21.2. The van der Waals surface area contributed by atoms with Crippen LogP contribution in [0.3, 0.4) is 0 Å². The minimum atomic E-state index is 0.678. The van der Waals surface area contributed by atoms with Crippen LogP contribution in [0.5, 0.6) is 0 Å². The zero-order chi connectivity index (χ0) is 11.7. The summed E-state index contributed by atoms with van der Waals surface area (Å²) in [6, 6.07) is 0. The summed E-state index contributed by atoms with van der Waals surface area (Å²) in [6.45, 7) is 9.24. The van der Waals surface area contributed by atoms with Gasteiger partial charge in [-0.25, -0.2) is 0 Å². The molecule has 2 heterocycles. The average Bonchev–Trinajstić information content (AvgIpc) is 2.70. The van der Waals surface area contributed by atoms with E-state index in [0.29, 0.717) is 59.8 Å². The Morgan fingerprint density at radius 1 is 0.562 bits per heavy atom. The molecule has 0 amide bonds. The van der Waals surface area contributed by atoms with Crippen LogP contribution in [0.15, 0.2) is 36.8 Å². The Morgan fingerprint density at radius 3 is 1.06 bits per heavy atom. The van der Waals surface area contributed by atoms with Gasteiger partial charge < -0.3 is 0 Å². The van der Waals surface area contributed by atoms with Gasteiger partial charge in [-0.1, -0.05) is 0 Å². The summed E-state index contributed by atoms with van der Waals surface area (Å²) in [7, 11) is 0. The topological polar surface area (TPSA) is 0 Å². The summed E-state index contributed by atoms with van der Waals surface area (Å²) in [5, 5.41) is 0. The third-order valence-corrected chi connectivity index (χ3v) is 15.3. The fraction of sp³-hybridized carbons (Fsp3) is 0.333. The summed E-state index contributed by atoms with van der Waals surface area (Å²) >= 11 is 2.71. The summed E-state index contributed by atoms with van der Waals surface area (Å²) in [5.74, 6) is 0. The molecule has 0 spiro atoms. The third kappa shape index (κ3) is 3.28. The third-order valence-electron chi connectivity index (χ3n) is 2.36. The van der Waals surface area contributed by atoms with Gasteiger partial charge in [-0.15, -0.1) is 0 Å². The van der Waals surface area contributed by atoms with Gasteiger partial charge in [0.2, 0.25) is 0 Å². The Labute approximate surface area is 123 Å². The number of hydrogen-bond donors (Lipinski definition) is 0. The predicted octanol–water partition coefficient (Wildman–Crippen LogP) is 2.02. The Morgan fingerprint density at radius 2 is 0.812 bits per heavy atom. The Hall–Kier alpha value is 1.04. The van der Waals surface area contributed by atoms with Gasteiger partial charge in [-0.05, 0) is 0 Å². The number of hydrogen-bond acceptors (Lipinski definition) is 0. The molecule has 4 heteroatoms. The molecule has 86 valence electrons. The van der Waals surface area contributed by atoms with E-state index in [1.54, 1.807) is 24.6 Å². The van der Waals surface area contributed by atoms with Gasteiger partial charge in [-0.2, -0.15) is 0 Å². The first-order valence-corrected chi connectivity index (χ1v) is 11.9. The summed E-state index contributed by atoms with van der Waals surface area (Å²) in [4.78, 5) is 0. The van der Waals surface area contributed by atoms with Gasteiger partial charge in [0.15, 0.2) is 0 Å². The molecular formula is C12H14Se4. The molecule has 0 aliphatic carbocycles. The first kappa shape index (κ1) is 13.5. The molecule has 0 aromatic heterocycles. The monoisotopic (exact) mass is 478 g/mol. The van der Waals surface area contributed by atoms with E-state index in [4.69, 9.17) is 0 Å². The molecule has 2 rings (SSSR count). The summed E-state index contributed by atoms with van der Waals surface area (Å²) < 4.78 is 10.2. The van der Waals surface area contributed by atoms with Gasteiger partial charge in [0.05, 0.1) is 0 Å². The molecule has 0 aromatic rings. The van der Waals surface area contributed by atoms with Crippen molar-refractivity contribution < 1.29 is 0 Å². The van der Waals surface area contributed by atoms with E-state index in [0.717, 1.165) is 0 Å². The van der Waals surface area contributed by atoms with E-state index in [1.807, 2.05) is 0 Å². The van der Waals surface area contributed by atoms with Gasteiger partial charge in [-0.3, -0.25) is 0 Å². The van der Waals surface area contributed by atoms with Crippen molar-refractivity contribution in [3.05, 3.63) is 36.8 Å². The molecule has 0 aromatic carbocycles. The van der Waals surface area contributed by atoms with E-state index in [2.05, 4.69) is 39.8 Å². The first-order chi connectivity index (χ1) is 7.56. The van der Waals surface area contributed by atoms with Crippen molar-refractivity contribution in [3.63, 3.8) is 0 Å². The quantitative estimate of drug-likeness (QED) is 0.511. The summed E-state index contributed by atoms with van der Waals surface area (Å²) in [5.41, 5.74) is 0. The van der Waals surface area contributed by atoms with E-state index in [-0.39, 0.29) is 0 Å². The molecular weight excluding hydrogens is 460 g/mol. The van der Waals surface area contributed by atoms with Gasteiger partial charge >= 0.3 is 124 Å². The van der Waals surface area contributed by atoms with Crippen molar-refractivity contribution in [1.29, 1.82) is 0 Å². The molecule has 0 atom stereocenters. The van der Waals surface area contributed by atoms with Crippen molar-refractivity contribution in [2.75, 3.05) is 0 Å². The standard InChI is InChI=1S/C12H14Se4/c1-7-8(2)14-11(13-7)5-6-12-15-9(3)10(4)16-12/h5-6H,1-4H3. The van der Waals surface area contributed by atoms with Crippen molar-refractivity contribution in [1.82, 2.24) is 0 Å². The number of rotatable bonds is 1. The molecule has 2 aliphatic heterocycles. The van der Waals surface area contributed by atoms with Crippen LogP contribution in [0.2, 0.25) is 0 Å². The Balaban J connectivity index is 2.00. The fourth-order valence-corrected chi connectivity index (χ4v) is 14.4. The van der Waals surface area contributed by atoms with Gasteiger partial charge in [0.25, 0.3) is 0 Å². The van der Waals surface area contributed by atoms with Crippen LogP contribution in [-0.4, -0.2) is 59.8 Å². The molecule has 0 nitrogen and oxygen atoms in total. The second-order valence-corrected chi connectivity index (χ2v) is 16.8. The van der Waals surface area contributed by atoms with Crippen molar-refractivity contribution in [3.8, 4) is 0 Å². The molecule has 0 bridgehead atoms. The maximum atomic E-state index is 2.45. The second-order valence-electron chi connectivity index (χ2n) is 3.60. The second kappa shape index (κ2) is 5.79. The first-order valence-electron chi connectivity index (χ1n) is 5.04. The van der Waals surface area contributed by atoms with Crippen molar-refractivity contribution >= 4 is 59.8 Å².